The van der Waals surface area contributed by atoms with Gasteiger partial charge in [-0.1, -0.05) is 0 Å². The van der Waals surface area contributed by atoms with Crippen molar-refractivity contribution in [1.82, 2.24) is 0 Å². The smallest absolute Gasteiger partial charge is 0.198 e. The molecule has 1 aliphatic rings. The van der Waals surface area contributed by atoms with Gasteiger partial charge >= 0.3 is 0 Å². The molecule has 0 spiro atoms. The van der Waals surface area contributed by atoms with E-state index in [9.17, 15) is 9.90 Å². The zero-order chi connectivity index (χ0) is 8.10. The van der Waals surface area contributed by atoms with Crippen molar-refractivity contribution >= 4 is 6.29 Å². The molecular weight excluding hydrogens is 140 g/mol. The highest BCUT2D eigenvalue weighted by Crippen LogP contribution is 2.27. The van der Waals surface area contributed by atoms with Crippen molar-refractivity contribution in [2.45, 2.75) is 44.6 Å². The minimum atomic E-state index is -0.0774. The van der Waals surface area contributed by atoms with E-state index < -0.39 is 0 Å². The average molecular weight is 155 g/mol. The van der Waals surface area contributed by atoms with Gasteiger partial charge in [-0.25, -0.2) is 0 Å². The van der Waals surface area contributed by atoms with Crippen LogP contribution in [0.15, 0.2) is 0 Å². The van der Waals surface area contributed by atoms with Crippen LogP contribution in [0.25, 0.3) is 0 Å². The van der Waals surface area contributed by atoms with Crippen molar-refractivity contribution in [2.75, 3.05) is 0 Å². The van der Waals surface area contributed by atoms with Crippen LogP contribution in [0, 0.1) is 5.92 Å². The Morgan fingerprint density at radius 2 is 1.91 bits per heavy atom. The highest BCUT2D eigenvalue weighted by Gasteiger charge is 2.18. The second-order valence-electron chi connectivity index (χ2n) is 3.36. The molecule has 0 aromatic carbocycles. The number of aliphatic hydroxyl groups is 1. The molecule has 0 aromatic heterocycles. The molecule has 1 saturated carbocycles. The van der Waals surface area contributed by atoms with Crippen molar-refractivity contribution < 1.29 is 9.90 Å². The number of hydrogen-bond donors (Lipinski definition) is 1. The summed E-state index contributed by atoms with van der Waals surface area (Å²) in [7, 11) is 0. The summed E-state index contributed by atoms with van der Waals surface area (Å²) >= 11 is 0. The Balaban J connectivity index is 2.12. The van der Waals surface area contributed by atoms with Crippen molar-refractivity contribution in [3.05, 3.63) is 0 Å². The minimum Gasteiger partial charge on any atom is -0.393 e. The van der Waals surface area contributed by atoms with Crippen LogP contribution < -0.4 is 0 Å². The Morgan fingerprint density at radius 1 is 1.27 bits per heavy atom. The van der Waals surface area contributed by atoms with Crippen LogP contribution in [-0.2, 0) is 4.79 Å². The predicted molar refractivity (Wildman–Crippen MR) is 42.9 cm³/mol. The summed E-state index contributed by atoms with van der Waals surface area (Å²) in [5.74, 6) is 0.667. The van der Waals surface area contributed by atoms with E-state index in [0.717, 1.165) is 32.1 Å². The van der Waals surface area contributed by atoms with Gasteiger partial charge in [0.1, 0.15) is 0 Å². The molecule has 1 rings (SSSR count). The Kier molecular flexibility index (Phi) is 3.57. The first kappa shape index (κ1) is 8.72. The molecule has 0 aliphatic heterocycles. The maximum atomic E-state index is 9.94. The van der Waals surface area contributed by atoms with Crippen LogP contribution >= 0.6 is 0 Å². The highest BCUT2D eigenvalue weighted by atomic mass is 16.3. The van der Waals surface area contributed by atoms with Gasteiger partial charge in [-0.2, -0.15) is 0 Å². The fourth-order valence-electron chi connectivity index (χ4n) is 1.70. The summed E-state index contributed by atoms with van der Waals surface area (Å²) in [6.07, 6.45) is 7.39. The lowest BCUT2D eigenvalue weighted by Crippen LogP contribution is -2.18. The summed E-state index contributed by atoms with van der Waals surface area (Å²) < 4.78 is 0. The molecule has 0 aromatic rings. The van der Waals surface area contributed by atoms with Crippen LogP contribution in [0.2, 0.25) is 0 Å². The Morgan fingerprint density at radius 3 is 2.45 bits per heavy atom. The highest BCUT2D eigenvalue weighted by molar-refractivity contribution is 5.50. The Labute approximate surface area is 67.6 Å². The van der Waals surface area contributed by atoms with Crippen molar-refractivity contribution in [3.63, 3.8) is 0 Å². The largest absolute Gasteiger partial charge is 0.393 e. The molecule has 1 fully saturated rings. The zero-order valence-corrected chi connectivity index (χ0v) is 6.75. The van der Waals surface area contributed by atoms with Crippen molar-refractivity contribution in [2.24, 2.45) is 5.92 Å². The van der Waals surface area contributed by atoms with Gasteiger partial charge in [-0.3, -0.25) is 4.79 Å². The first-order valence-corrected chi connectivity index (χ1v) is 4.36. The molecule has 0 amide bonds. The van der Waals surface area contributed by atoms with Gasteiger partial charge in [0.2, 0.25) is 0 Å². The molecule has 0 saturated heterocycles. The lowest BCUT2D eigenvalue weighted by Gasteiger charge is -2.24. The summed E-state index contributed by atoms with van der Waals surface area (Å²) in [4.78, 5) is 9.94. The number of aliphatic hydroxyl groups excluding tert-OH is 1. The molecule has 1 aliphatic carbocycles. The second kappa shape index (κ2) is 4.50. The van der Waals surface area contributed by atoms with Crippen LogP contribution in [0.4, 0.5) is 0 Å². The third-order valence-corrected chi connectivity index (χ3v) is 2.47. The SMILES string of the molecule is O=[C]CCC1CCC(O)CC1. The Hall–Kier alpha value is -0.370. The topological polar surface area (TPSA) is 37.3 Å². The van der Waals surface area contributed by atoms with Gasteiger partial charge in [0.05, 0.1) is 6.10 Å². The van der Waals surface area contributed by atoms with Crippen LogP contribution in [-0.4, -0.2) is 17.5 Å². The number of hydrogen-bond acceptors (Lipinski definition) is 2. The lowest BCUT2D eigenvalue weighted by atomic mass is 9.85. The van der Waals surface area contributed by atoms with Crippen LogP contribution in [0.3, 0.4) is 0 Å². The van der Waals surface area contributed by atoms with E-state index in [1.807, 2.05) is 6.29 Å². The summed E-state index contributed by atoms with van der Waals surface area (Å²) in [6.45, 7) is 0. The first-order valence-electron chi connectivity index (χ1n) is 4.36. The molecule has 2 nitrogen and oxygen atoms in total. The fourth-order valence-corrected chi connectivity index (χ4v) is 1.70. The monoisotopic (exact) mass is 155 g/mol. The van der Waals surface area contributed by atoms with E-state index in [1.165, 1.54) is 0 Å². The zero-order valence-electron chi connectivity index (χ0n) is 6.75. The molecule has 11 heavy (non-hydrogen) atoms. The standard InChI is InChI=1S/C9H15O2/c10-7-1-2-8-3-5-9(11)6-4-8/h8-9,11H,1-6H2. The van der Waals surface area contributed by atoms with E-state index >= 15 is 0 Å². The van der Waals surface area contributed by atoms with Gasteiger partial charge in [0, 0.05) is 6.42 Å². The molecule has 1 radical (unpaired) electrons. The minimum absolute atomic E-state index is 0.0774. The first-order chi connectivity index (χ1) is 5.33. The van der Waals surface area contributed by atoms with E-state index in [1.54, 1.807) is 0 Å². The van der Waals surface area contributed by atoms with Gasteiger partial charge in [0.15, 0.2) is 6.29 Å². The fraction of sp³-hybridized carbons (Fsp3) is 0.889. The normalized spacial score (nSPS) is 31.7. The quantitative estimate of drug-likeness (QED) is 0.669. The van der Waals surface area contributed by atoms with E-state index in [4.69, 9.17) is 0 Å². The Bertz CT molecular complexity index is 115. The second-order valence-corrected chi connectivity index (χ2v) is 3.36. The maximum absolute atomic E-state index is 9.94. The molecule has 0 atom stereocenters. The molecule has 1 N–H and O–H groups in total. The van der Waals surface area contributed by atoms with Gasteiger partial charge in [-0.05, 0) is 38.0 Å². The molecular formula is C9H15O2. The maximum Gasteiger partial charge on any atom is 0.198 e. The van der Waals surface area contributed by atoms with Gasteiger partial charge in [0.25, 0.3) is 0 Å². The molecule has 0 unspecified atom stereocenters. The van der Waals surface area contributed by atoms with Crippen LogP contribution in [0.5, 0.6) is 0 Å². The third kappa shape index (κ3) is 3.02. The summed E-state index contributed by atoms with van der Waals surface area (Å²) in [6, 6.07) is 0. The lowest BCUT2D eigenvalue weighted by molar-refractivity contribution is 0.107. The summed E-state index contributed by atoms with van der Waals surface area (Å²) in [5, 5.41) is 9.18. The van der Waals surface area contributed by atoms with Gasteiger partial charge < -0.3 is 5.11 Å². The number of rotatable bonds is 3. The van der Waals surface area contributed by atoms with Crippen molar-refractivity contribution in [1.29, 1.82) is 0 Å². The van der Waals surface area contributed by atoms with E-state index in [2.05, 4.69) is 0 Å². The summed E-state index contributed by atoms with van der Waals surface area (Å²) in [5.41, 5.74) is 0. The van der Waals surface area contributed by atoms with E-state index in [0.29, 0.717) is 12.3 Å². The molecule has 2 heteroatoms. The number of carbonyl (C=O) groups excluding carboxylic acids is 1. The van der Waals surface area contributed by atoms with Gasteiger partial charge in [-0.15, -0.1) is 0 Å². The molecule has 0 heterocycles. The third-order valence-electron chi connectivity index (χ3n) is 2.47. The van der Waals surface area contributed by atoms with Crippen molar-refractivity contribution in [3.8, 4) is 0 Å². The van der Waals surface area contributed by atoms with Crippen LogP contribution in [0.1, 0.15) is 38.5 Å². The predicted octanol–water partition coefficient (Wildman–Crippen LogP) is 1.43. The average Bonchev–Trinajstić information content (AvgIpc) is 2.04. The molecule has 0 bridgehead atoms. The van der Waals surface area contributed by atoms with E-state index in [-0.39, 0.29) is 6.10 Å². The molecule has 63 valence electrons.